The van der Waals surface area contributed by atoms with Gasteiger partial charge in [-0.1, -0.05) is 6.07 Å². The van der Waals surface area contributed by atoms with Crippen LogP contribution in [0.15, 0.2) is 54.6 Å². The van der Waals surface area contributed by atoms with Gasteiger partial charge in [-0.05, 0) is 0 Å². The molecule has 1 aliphatic heterocycles. The maximum atomic E-state index is 12.4. The van der Waals surface area contributed by atoms with Crippen molar-refractivity contribution in [2.45, 2.75) is 24.9 Å². The van der Waals surface area contributed by atoms with Crippen LogP contribution in [0.4, 0.5) is 0 Å². The predicted octanol–water partition coefficient (Wildman–Crippen LogP) is -0.0740. The van der Waals surface area contributed by atoms with Gasteiger partial charge in [0.25, 0.3) is 0 Å². The molecule has 3 atom stereocenters. The Labute approximate surface area is 155 Å². The van der Waals surface area contributed by atoms with Crippen LogP contribution in [0.3, 0.4) is 0 Å². The van der Waals surface area contributed by atoms with Crippen LogP contribution in [0.1, 0.15) is 16.8 Å². The first-order valence-corrected chi connectivity index (χ1v) is 9.34. The monoisotopic (exact) mass is 440 g/mol. The van der Waals surface area contributed by atoms with Gasteiger partial charge in [0, 0.05) is 0 Å². The molecule has 128 valence electrons. The van der Waals surface area contributed by atoms with Gasteiger partial charge >= 0.3 is 150 Å². The SMILES string of the molecule is [2H][I-]C[C@H]1OC(OC)C[C@H]1OC(=O)c1ccc(-c2ccccc2)cc1. The van der Waals surface area contributed by atoms with Crippen LogP contribution in [0.5, 0.6) is 0 Å². The van der Waals surface area contributed by atoms with Crippen LogP contribution in [0.25, 0.3) is 11.1 Å². The molecule has 2 aromatic carbocycles. The molecule has 0 bridgehead atoms. The van der Waals surface area contributed by atoms with E-state index in [1.165, 1.54) is 0 Å². The average molecular weight is 440 g/mol. The Morgan fingerprint density at radius 1 is 1.21 bits per heavy atom. The molecule has 1 heterocycles. The van der Waals surface area contributed by atoms with E-state index in [9.17, 15) is 4.79 Å². The van der Waals surface area contributed by atoms with Gasteiger partial charge in [-0.3, -0.25) is 0 Å². The molecule has 1 fully saturated rings. The van der Waals surface area contributed by atoms with Gasteiger partial charge in [-0.15, -0.1) is 0 Å². The summed E-state index contributed by atoms with van der Waals surface area (Å²) in [5.74, 6) is -0.363. The summed E-state index contributed by atoms with van der Waals surface area (Å²) in [5.41, 5.74) is 2.67. The van der Waals surface area contributed by atoms with E-state index in [0.29, 0.717) is 16.4 Å². The summed E-state index contributed by atoms with van der Waals surface area (Å²) in [6.07, 6.45) is -0.434. The van der Waals surface area contributed by atoms with Crippen molar-refractivity contribution in [3.63, 3.8) is 0 Å². The van der Waals surface area contributed by atoms with E-state index in [2.05, 4.69) is 0 Å². The van der Waals surface area contributed by atoms with Gasteiger partial charge in [0.1, 0.15) is 0 Å². The Morgan fingerprint density at radius 2 is 1.92 bits per heavy atom. The summed E-state index contributed by atoms with van der Waals surface area (Å²) in [5, 5.41) is 0. The number of hydrogen-bond acceptors (Lipinski definition) is 4. The first-order chi connectivity index (χ1) is 12.2. The van der Waals surface area contributed by atoms with Crippen molar-refractivity contribution >= 4 is 5.97 Å². The molecular formula is C19H20IO4-. The number of alkyl halides is 1. The fourth-order valence-electron chi connectivity index (χ4n) is 2.73. The molecule has 4 nitrogen and oxygen atoms in total. The molecule has 0 aromatic heterocycles. The fraction of sp³-hybridized carbons (Fsp3) is 0.316. The molecule has 1 aliphatic rings. The Hall–Kier alpha value is -1.44. The van der Waals surface area contributed by atoms with E-state index in [0.717, 1.165) is 11.1 Å². The van der Waals surface area contributed by atoms with Crippen LogP contribution in [0.2, 0.25) is 0 Å². The molecule has 0 saturated carbocycles. The van der Waals surface area contributed by atoms with Crippen molar-refractivity contribution in [3.8, 4) is 11.1 Å². The van der Waals surface area contributed by atoms with E-state index < -0.39 is 22.4 Å². The van der Waals surface area contributed by atoms with Crippen molar-refractivity contribution in [2.24, 2.45) is 0 Å². The number of esters is 1. The second-order valence-electron chi connectivity index (χ2n) is 5.62. The van der Waals surface area contributed by atoms with Gasteiger partial charge in [-0.25, -0.2) is 0 Å². The van der Waals surface area contributed by atoms with Crippen molar-refractivity contribution in [3.05, 3.63) is 60.2 Å². The molecule has 1 unspecified atom stereocenters. The minimum atomic E-state index is -0.691. The van der Waals surface area contributed by atoms with Crippen molar-refractivity contribution in [1.82, 2.24) is 0 Å². The first kappa shape index (κ1) is 16.1. The zero-order chi connectivity index (χ0) is 17.6. The summed E-state index contributed by atoms with van der Waals surface area (Å²) in [7, 11) is 1.57. The number of hydrogen-bond donors (Lipinski definition) is 0. The van der Waals surface area contributed by atoms with Gasteiger partial charge in [0.2, 0.25) is 0 Å². The Balaban J connectivity index is 1.66. The van der Waals surface area contributed by atoms with Crippen LogP contribution >= 0.6 is 0 Å². The zero-order valence-corrected chi connectivity index (χ0v) is 15.5. The van der Waals surface area contributed by atoms with Gasteiger partial charge < -0.3 is 0 Å². The van der Waals surface area contributed by atoms with E-state index >= 15 is 0 Å². The quantitative estimate of drug-likeness (QED) is 0.359. The summed E-state index contributed by atoms with van der Waals surface area (Å²) in [6, 6.07) is 17.4. The van der Waals surface area contributed by atoms with Gasteiger partial charge in [0.05, 0.1) is 0 Å². The summed E-state index contributed by atoms with van der Waals surface area (Å²) in [6.45, 7) is 0. The normalized spacial score (nSPS) is 23.9. The molecule has 1 saturated heterocycles. The van der Waals surface area contributed by atoms with Crippen molar-refractivity contribution in [2.75, 3.05) is 11.5 Å². The molecule has 0 spiro atoms. The maximum absolute atomic E-state index is 12.4. The summed E-state index contributed by atoms with van der Waals surface area (Å²) < 4.78 is 24.6. The topological polar surface area (TPSA) is 44.8 Å². The van der Waals surface area contributed by atoms with E-state index in [-0.39, 0.29) is 24.5 Å². The van der Waals surface area contributed by atoms with E-state index in [4.69, 9.17) is 14.8 Å². The Kier molecular flexibility index (Phi) is 5.41. The molecule has 0 aliphatic carbocycles. The third-order valence-corrected chi connectivity index (χ3v) is 4.94. The molecule has 0 N–H and O–H groups in total. The minimum absolute atomic E-state index is 0.234. The van der Waals surface area contributed by atoms with Crippen LogP contribution in [0, 0.1) is 0 Å². The van der Waals surface area contributed by atoms with Crippen molar-refractivity contribution < 1.29 is 41.4 Å². The average Bonchev–Trinajstić information content (AvgIpc) is 3.04. The molecule has 0 amide bonds. The summed E-state index contributed by atoms with van der Waals surface area (Å²) >= 11 is -0.691. The van der Waals surface area contributed by atoms with Gasteiger partial charge in [0.15, 0.2) is 0 Å². The van der Waals surface area contributed by atoms with Crippen LogP contribution < -0.4 is 22.4 Å². The molecule has 0 radical (unpaired) electrons. The standard InChI is InChI=1S/C19H20IO4/c1-22-18-11-16(17(12-20)23-18)24-19(21)15-9-7-14(8-10-15)13-5-3-2-4-6-13/h2-10,16-18,20H,11-12H2,1H3/q-1/t16-,17-,18?/m1/s1/i20D. The van der Waals surface area contributed by atoms with E-state index in [1.807, 2.05) is 42.5 Å². The molecule has 2 aromatic rings. The Morgan fingerprint density at radius 3 is 2.58 bits per heavy atom. The van der Waals surface area contributed by atoms with Crippen LogP contribution in [-0.2, 0) is 14.2 Å². The number of ether oxygens (including phenoxy) is 3. The first-order valence-electron chi connectivity index (χ1n) is 8.19. The number of methoxy groups -OCH3 is 1. The molecule has 5 heteroatoms. The third kappa shape index (κ3) is 3.96. The number of carbonyl (C=O) groups excluding carboxylic acids is 1. The Bertz CT molecular complexity index is 692. The predicted molar refractivity (Wildman–Crippen MR) is 87.6 cm³/mol. The number of rotatable bonds is 6. The molecule has 24 heavy (non-hydrogen) atoms. The van der Waals surface area contributed by atoms with E-state index in [1.54, 1.807) is 19.2 Å². The number of halogens is 1. The fourth-order valence-corrected chi connectivity index (χ4v) is 3.50. The number of carbonyl (C=O) groups is 1. The number of benzene rings is 2. The third-order valence-electron chi connectivity index (χ3n) is 4.07. The summed E-state index contributed by atoms with van der Waals surface area (Å²) in [4.78, 5) is 12.4. The second kappa shape index (κ2) is 8.09. The molecule has 3 rings (SSSR count). The van der Waals surface area contributed by atoms with Gasteiger partial charge in [-0.2, -0.15) is 0 Å². The zero-order valence-electron chi connectivity index (χ0n) is 14.4. The van der Waals surface area contributed by atoms with Crippen molar-refractivity contribution in [1.29, 1.82) is 0.594 Å². The second-order valence-corrected chi connectivity index (χ2v) is 6.50. The molecular weight excluding hydrogens is 419 g/mol. The van der Waals surface area contributed by atoms with Crippen LogP contribution in [-0.4, -0.2) is 36.6 Å².